The summed E-state index contributed by atoms with van der Waals surface area (Å²) in [7, 11) is 1.84. The van der Waals surface area contributed by atoms with E-state index in [4.69, 9.17) is 13.9 Å². The van der Waals surface area contributed by atoms with Crippen molar-refractivity contribution in [2.45, 2.75) is 57.8 Å². The molecule has 4 rings (SSSR count). The van der Waals surface area contributed by atoms with Gasteiger partial charge in [0.1, 0.15) is 11.3 Å². The molecule has 7 heteroatoms. The second-order valence-electron chi connectivity index (χ2n) is 8.06. The largest absolute Gasteiger partial charge is 0.459 e. The number of nitrogens with zero attached hydrogens (tertiary/aromatic N) is 2. The monoisotopic (exact) mass is 527 g/mol. The second kappa shape index (κ2) is 11.3. The molecule has 1 unspecified atom stereocenters. The summed E-state index contributed by atoms with van der Waals surface area (Å²) in [5.41, 5.74) is 2.14. The van der Waals surface area contributed by atoms with E-state index in [0.29, 0.717) is 18.8 Å². The molecule has 30 heavy (non-hydrogen) atoms. The smallest absolute Gasteiger partial charge is 0.194 e. The molecule has 1 atom stereocenters. The summed E-state index contributed by atoms with van der Waals surface area (Å²) in [6, 6.07) is 8.18. The third kappa shape index (κ3) is 5.68. The number of nitrogens with one attached hydrogen (secondary N) is 1. The lowest BCUT2D eigenvalue weighted by Crippen LogP contribution is -2.47. The van der Waals surface area contributed by atoms with Gasteiger partial charge < -0.3 is 24.1 Å². The zero-order chi connectivity index (χ0) is 20.1. The summed E-state index contributed by atoms with van der Waals surface area (Å²) in [6.45, 7) is 6.29. The number of aryl methyl sites for hydroxylation is 1. The Hall–Kier alpha value is -1.32. The summed E-state index contributed by atoms with van der Waals surface area (Å²) in [4.78, 5) is 6.80. The number of benzene rings is 1. The lowest BCUT2D eigenvalue weighted by Gasteiger charge is -2.35. The van der Waals surface area contributed by atoms with Crippen LogP contribution in [0.3, 0.4) is 0 Å². The van der Waals surface area contributed by atoms with Crippen molar-refractivity contribution in [3.63, 3.8) is 0 Å². The highest BCUT2D eigenvalue weighted by molar-refractivity contribution is 14.0. The minimum Gasteiger partial charge on any atom is -0.459 e. The standard InChI is InChI=1S/C23H33N3O3.HI/c1-17-20-8-3-4-9-21(20)29-22(17)15-25-23(24-2)26-12-10-18(11-13-26)28-16-19-7-5-6-14-27-19;/h3-4,8-9,18-19H,5-7,10-16H2,1-2H3,(H,24,25);1H. The summed E-state index contributed by atoms with van der Waals surface area (Å²) >= 11 is 0. The van der Waals surface area contributed by atoms with E-state index in [1.54, 1.807) is 0 Å². The van der Waals surface area contributed by atoms with Gasteiger partial charge in [0.2, 0.25) is 0 Å². The van der Waals surface area contributed by atoms with E-state index in [9.17, 15) is 0 Å². The van der Waals surface area contributed by atoms with E-state index in [2.05, 4.69) is 28.2 Å². The molecular weight excluding hydrogens is 493 g/mol. The van der Waals surface area contributed by atoms with E-state index >= 15 is 0 Å². The molecule has 3 heterocycles. The summed E-state index contributed by atoms with van der Waals surface area (Å²) in [5.74, 6) is 1.90. The van der Waals surface area contributed by atoms with Crippen LogP contribution in [-0.2, 0) is 16.0 Å². The molecule has 2 aliphatic heterocycles. The molecule has 166 valence electrons. The van der Waals surface area contributed by atoms with Crippen LogP contribution in [0, 0.1) is 6.92 Å². The molecule has 1 N–H and O–H groups in total. The molecule has 2 saturated heterocycles. The number of para-hydroxylation sites is 1. The van der Waals surface area contributed by atoms with Crippen molar-refractivity contribution in [2.75, 3.05) is 33.4 Å². The van der Waals surface area contributed by atoms with Crippen LogP contribution >= 0.6 is 24.0 Å². The van der Waals surface area contributed by atoms with Gasteiger partial charge in [0.15, 0.2) is 5.96 Å². The molecule has 2 fully saturated rings. The predicted molar refractivity (Wildman–Crippen MR) is 131 cm³/mol. The number of guanidine groups is 1. The first-order valence-electron chi connectivity index (χ1n) is 10.9. The van der Waals surface area contributed by atoms with Gasteiger partial charge >= 0.3 is 0 Å². The molecule has 0 spiro atoms. The van der Waals surface area contributed by atoms with Crippen LogP contribution in [0.5, 0.6) is 0 Å². The van der Waals surface area contributed by atoms with Gasteiger partial charge in [-0.1, -0.05) is 18.2 Å². The Bertz CT molecular complexity index is 824. The third-order valence-corrected chi connectivity index (χ3v) is 6.09. The highest BCUT2D eigenvalue weighted by atomic mass is 127. The van der Waals surface area contributed by atoms with Gasteiger partial charge in [0, 0.05) is 37.7 Å². The van der Waals surface area contributed by atoms with Gasteiger partial charge in [-0.3, -0.25) is 4.99 Å². The Labute approximate surface area is 196 Å². The molecule has 1 aromatic heterocycles. The number of likely N-dealkylation sites (tertiary alicyclic amines) is 1. The molecule has 2 aromatic rings. The molecule has 2 aliphatic rings. The fraction of sp³-hybridized carbons (Fsp3) is 0.609. The maximum absolute atomic E-state index is 6.14. The summed E-state index contributed by atoms with van der Waals surface area (Å²) in [5, 5.41) is 4.66. The summed E-state index contributed by atoms with van der Waals surface area (Å²) < 4.78 is 17.9. The predicted octanol–water partition coefficient (Wildman–Crippen LogP) is 4.48. The normalized spacial score (nSPS) is 20.9. The molecule has 0 saturated carbocycles. The maximum Gasteiger partial charge on any atom is 0.194 e. The van der Waals surface area contributed by atoms with Gasteiger partial charge in [-0.05, 0) is 45.1 Å². The van der Waals surface area contributed by atoms with Crippen molar-refractivity contribution in [3.05, 3.63) is 35.6 Å². The average molecular weight is 527 g/mol. The van der Waals surface area contributed by atoms with Gasteiger partial charge in [-0.2, -0.15) is 0 Å². The number of hydrogen-bond acceptors (Lipinski definition) is 4. The maximum atomic E-state index is 6.14. The number of fused-ring (bicyclic) bond motifs is 1. The fourth-order valence-electron chi connectivity index (χ4n) is 4.30. The zero-order valence-electron chi connectivity index (χ0n) is 18.1. The van der Waals surface area contributed by atoms with Crippen molar-refractivity contribution >= 4 is 40.9 Å². The lowest BCUT2D eigenvalue weighted by molar-refractivity contribution is -0.0721. The van der Waals surface area contributed by atoms with Gasteiger partial charge in [0.05, 0.1) is 25.4 Å². The van der Waals surface area contributed by atoms with E-state index in [1.807, 2.05) is 25.2 Å². The Kier molecular flexibility index (Phi) is 8.83. The number of furan rings is 1. The number of hydrogen-bond donors (Lipinski definition) is 1. The molecule has 1 aromatic carbocycles. The Balaban J connectivity index is 0.00000256. The van der Waals surface area contributed by atoms with Crippen molar-refractivity contribution < 1.29 is 13.9 Å². The second-order valence-corrected chi connectivity index (χ2v) is 8.06. The fourth-order valence-corrected chi connectivity index (χ4v) is 4.30. The van der Waals surface area contributed by atoms with Crippen molar-refractivity contribution in [3.8, 4) is 0 Å². The lowest BCUT2D eigenvalue weighted by atomic mass is 10.1. The minimum absolute atomic E-state index is 0. The number of ether oxygens (including phenoxy) is 2. The Morgan fingerprint density at radius 1 is 1.20 bits per heavy atom. The molecular formula is C23H34IN3O3. The quantitative estimate of drug-likeness (QED) is 0.353. The van der Waals surface area contributed by atoms with E-state index in [0.717, 1.165) is 62.9 Å². The Morgan fingerprint density at radius 2 is 2.00 bits per heavy atom. The summed E-state index contributed by atoms with van der Waals surface area (Å²) in [6.07, 6.45) is 6.26. The van der Waals surface area contributed by atoms with Crippen LogP contribution in [0.1, 0.15) is 43.4 Å². The first-order chi connectivity index (χ1) is 14.2. The molecule has 6 nitrogen and oxygen atoms in total. The molecule has 0 aliphatic carbocycles. The first-order valence-corrected chi connectivity index (χ1v) is 10.9. The first kappa shape index (κ1) is 23.3. The Morgan fingerprint density at radius 3 is 2.70 bits per heavy atom. The number of rotatable bonds is 5. The number of halogens is 1. The van der Waals surface area contributed by atoms with E-state index in [-0.39, 0.29) is 24.0 Å². The average Bonchev–Trinajstić information content (AvgIpc) is 3.10. The van der Waals surface area contributed by atoms with Crippen molar-refractivity contribution in [2.24, 2.45) is 4.99 Å². The number of aliphatic imine (C=N–C) groups is 1. The van der Waals surface area contributed by atoms with Crippen LogP contribution in [0.2, 0.25) is 0 Å². The van der Waals surface area contributed by atoms with Crippen molar-refractivity contribution in [1.29, 1.82) is 0 Å². The van der Waals surface area contributed by atoms with E-state index in [1.165, 1.54) is 23.8 Å². The SMILES string of the molecule is CN=C(NCc1oc2ccccc2c1C)N1CCC(OCC2CCCCO2)CC1.I. The zero-order valence-corrected chi connectivity index (χ0v) is 20.4. The number of piperidine rings is 1. The van der Waals surface area contributed by atoms with Crippen molar-refractivity contribution in [1.82, 2.24) is 10.2 Å². The van der Waals surface area contributed by atoms with Crippen LogP contribution in [0.4, 0.5) is 0 Å². The topological polar surface area (TPSA) is 59.2 Å². The van der Waals surface area contributed by atoms with Crippen LogP contribution in [-0.4, -0.2) is 56.4 Å². The van der Waals surface area contributed by atoms with Crippen LogP contribution in [0.15, 0.2) is 33.7 Å². The molecule has 0 amide bonds. The highest BCUT2D eigenvalue weighted by Gasteiger charge is 2.24. The van der Waals surface area contributed by atoms with E-state index < -0.39 is 0 Å². The highest BCUT2D eigenvalue weighted by Crippen LogP contribution is 2.25. The minimum atomic E-state index is 0. The van der Waals surface area contributed by atoms with Gasteiger partial charge in [-0.15, -0.1) is 24.0 Å². The molecule has 0 radical (unpaired) electrons. The van der Waals surface area contributed by atoms with Crippen LogP contribution < -0.4 is 5.32 Å². The third-order valence-electron chi connectivity index (χ3n) is 6.09. The van der Waals surface area contributed by atoms with Crippen LogP contribution in [0.25, 0.3) is 11.0 Å². The molecule has 0 bridgehead atoms. The van der Waals surface area contributed by atoms with Gasteiger partial charge in [-0.25, -0.2) is 0 Å². The van der Waals surface area contributed by atoms with Gasteiger partial charge in [0.25, 0.3) is 0 Å².